The highest BCUT2D eigenvalue weighted by Gasteiger charge is 2.27. The van der Waals surface area contributed by atoms with Crippen LogP contribution in [0.4, 0.5) is 5.69 Å². The summed E-state index contributed by atoms with van der Waals surface area (Å²) in [7, 11) is 1.75. The van der Waals surface area contributed by atoms with Crippen molar-refractivity contribution in [1.82, 2.24) is 4.90 Å². The Bertz CT molecular complexity index is 457. The molecule has 4 nitrogen and oxygen atoms in total. The van der Waals surface area contributed by atoms with E-state index in [2.05, 4.69) is 21.9 Å². The van der Waals surface area contributed by atoms with Gasteiger partial charge in [0.2, 0.25) is 0 Å². The van der Waals surface area contributed by atoms with Crippen LogP contribution in [0.3, 0.4) is 0 Å². The van der Waals surface area contributed by atoms with E-state index in [1.54, 1.807) is 7.11 Å². The second-order valence-corrected chi connectivity index (χ2v) is 6.31. The molecule has 2 N–H and O–H groups in total. The second-order valence-electron chi connectivity index (χ2n) is 6.31. The maximum absolute atomic E-state index is 6.20. The summed E-state index contributed by atoms with van der Waals surface area (Å²) in [4.78, 5) is 5.02. The third kappa shape index (κ3) is 3.33. The van der Waals surface area contributed by atoms with Crippen LogP contribution >= 0.6 is 0 Å². The number of nitrogens with zero attached hydrogens (tertiary/aromatic N) is 2. The van der Waals surface area contributed by atoms with E-state index in [-0.39, 0.29) is 0 Å². The zero-order valence-corrected chi connectivity index (χ0v) is 13.0. The molecule has 0 aromatic heterocycles. The van der Waals surface area contributed by atoms with Gasteiger partial charge in [0.05, 0.1) is 12.8 Å². The summed E-state index contributed by atoms with van der Waals surface area (Å²) in [6.07, 6.45) is 3.84. The van der Waals surface area contributed by atoms with Gasteiger partial charge in [-0.2, -0.15) is 0 Å². The van der Waals surface area contributed by atoms with Crippen molar-refractivity contribution in [3.8, 4) is 5.75 Å². The summed E-state index contributed by atoms with van der Waals surface area (Å²) < 4.78 is 5.48. The Hall–Kier alpha value is -1.26. The lowest BCUT2D eigenvalue weighted by atomic mass is 10.0. The predicted octanol–water partition coefficient (Wildman–Crippen LogP) is 1.94. The molecule has 1 heterocycles. The summed E-state index contributed by atoms with van der Waals surface area (Å²) in [6.45, 7) is 5.58. The number of anilines is 1. The minimum atomic E-state index is 0.428. The zero-order valence-electron chi connectivity index (χ0n) is 13.0. The van der Waals surface area contributed by atoms with Crippen molar-refractivity contribution < 1.29 is 4.74 Å². The number of hydrogen-bond donors (Lipinski definition) is 1. The van der Waals surface area contributed by atoms with Crippen LogP contribution < -0.4 is 15.4 Å². The molecule has 2 unspecified atom stereocenters. The van der Waals surface area contributed by atoms with Crippen molar-refractivity contribution in [2.24, 2.45) is 11.7 Å². The Labute approximate surface area is 127 Å². The second kappa shape index (κ2) is 6.67. The van der Waals surface area contributed by atoms with E-state index in [0.29, 0.717) is 12.0 Å². The normalized spacial score (nSPS) is 27.0. The Morgan fingerprint density at radius 2 is 1.90 bits per heavy atom. The third-order valence-electron chi connectivity index (χ3n) is 5.01. The smallest absolute Gasteiger partial charge is 0.142 e. The molecule has 0 bridgehead atoms. The minimum Gasteiger partial charge on any atom is -0.495 e. The first kappa shape index (κ1) is 14.7. The van der Waals surface area contributed by atoms with E-state index in [9.17, 15) is 0 Å². The average molecular weight is 289 g/mol. The van der Waals surface area contributed by atoms with Crippen LogP contribution in [-0.4, -0.2) is 50.8 Å². The molecule has 1 aliphatic carbocycles. The highest BCUT2D eigenvalue weighted by Crippen LogP contribution is 2.29. The molecule has 0 amide bonds. The number of piperazine rings is 1. The summed E-state index contributed by atoms with van der Waals surface area (Å²) in [5, 5.41) is 0. The number of rotatable bonds is 4. The van der Waals surface area contributed by atoms with Crippen LogP contribution in [-0.2, 0) is 0 Å². The van der Waals surface area contributed by atoms with Crippen LogP contribution in [0.2, 0.25) is 0 Å². The summed E-state index contributed by atoms with van der Waals surface area (Å²) in [5.74, 6) is 1.69. The number of methoxy groups -OCH3 is 1. The summed E-state index contributed by atoms with van der Waals surface area (Å²) in [6, 6.07) is 8.74. The average Bonchev–Trinajstić information content (AvgIpc) is 2.93. The number of benzene rings is 1. The molecule has 4 heteroatoms. The molecule has 1 saturated heterocycles. The Morgan fingerprint density at radius 3 is 2.57 bits per heavy atom. The van der Waals surface area contributed by atoms with Crippen molar-refractivity contribution in [3.05, 3.63) is 24.3 Å². The molecule has 1 aliphatic heterocycles. The van der Waals surface area contributed by atoms with Crippen LogP contribution in [0, 0.1) is 5.92 Å². The number of nitrogens with two attached hydrogens (primary N) is 1. The first-order valence-corrected chi connectivity index (χ1v) is 8.14. The molecule has 2 aliphatic rings. The van der Waals surface area contributed by atoms with E-state index in [1.807, 2.05) is 12.1 Å². The molecular formula is C17H27N3O. The van der Waals surface area contributed by atoms with Crippen LogP contribution in [0.5, 0.6) is 5.75 Å². The lowest BCUT2D eigenvalue weighted by Crippen LogP contribution is -2.49. The summed E-state index contributed by atoms with van der Waals surface area (Å²) >= 11 is 0. The van der Waals surface area contributed by atoms with E-state index in [1.165, 1.54) is 31.5 Å². The van der Waals surface area contributed by atoms with Gasteiger partial charge in [-0.15, -0.1) is 0 Å². The van der Waals surface area contributed by atoms with Gasteiger partial charge in [-0.3, -0.25) is 4.90 Å². The third-order valence-corrected chi connectivity index (χ3v) is 5.01. The molecule has 2 atom stereocenters. The first-order chi connectivity index (χ1) is 10.3. The van der Waals surface area contributed by atoms with Gasteiger partial charge in [-0.05, 0) is 30.9 Å². The van der Waals surface area contributed by atoms with Crippen molar-refractivity contribution >= 4 is 5.69 Å². The van der Waals surface area contributed by atoms with E-state index in [0.717, 1.165) is 31.9 Å². The van der Waals surface area contributed by atoms with Crippen LogP contribution in [0.1, 0.15) is 19.3 Å². The van der Waals surface area contributed by atoms with Crippen LogP contribution in [0.15, 0.2) is 24.3 Å². The van der Waals surface area contributed by atoms with Gasteiger partial charge in [-0.1, -0.05) is 18.6 Å². The van der Waals surface area contributed by atoms with Gasteiger partial charge >= 0.3 is 0 Å². The quantitative estimate of drug-likeness (QED) is 0.920. The lowest BCUT2D eigenvalue weighted by Gasteiger charge is -2.38. The largest absolute Gasteiger partial charge is 0.495 e. The molecular weight excluding hydrogens is 262 g/mol. The van der Waals surface area contributed by atoms with Gasteiger partial charge in [-0.25, -0.2) is 0 Å². The SMILES string of the molecule is COc1ccccc1N1CCN(CC2CCCC2N)CC1. The predicted molar refractivity (Wildman–Crippen MR) is 87.0 cm³/mol. The van der Waals surface area contributed by atoms with Gasteiger partial charge < -0.3 is 15.4 Å². The summed E-state index contributed by atoms with van der Waals surface area (Å²) in [5.41, 5.74) is 7.42. The van der Waals surface area contributed by atoms with Crippen molar-refractivity contribution in [2.75, 3.05) is 44.7 Å². The van der Waals surface area contributed by atoms with Crippen molar-refractivity contribution in [1.29, 1.82) is 0 Å². The minimum absolute atomic E-state index is 0.428. The Kier molecular flexibility index (Phi) is 4.66. The van der Waals surface area contributed by atoms with Crippen LogP contribution in [0.25, 0.3) is 0 Å². The standard InChI is InChI=1S/C17H27N3O/c1-21-17-8-3-2-7-16(17)20-11-9-19(10-12-20)13-14-5-4-6-15(14)18/h2-3,7-8,14-15H,4-6,9-13,18H2,1H3. The Balaban J connectivity index is 1.55. The molecule has 1 aromatic carbocycles. The van der Waals surface area contributed by atoms with Crippen molar-refractivity contribution in [2.45, 2.75) is 25.3 Å². The monoisotopic (exact) mass is 289 g/mol. The van der Waals surface area contributed by atoms with E-state index < -0.39 is 0 Å². The number of hydrogen-bond acceptors (Lipinski definition) is 4. The topological polar surface area (TPSA) is 41.7 Å². The maximum Gasteiger partial charge on any atom is 0.142 e. The molecule has 1 saturated carbocycles. The molecule has 116 valence electrons. The van der Waals surface area contributed by atoms with Gasteiger partial charge in [0.25, 0.3) is 0 Å². The fourth-order valence-electron chi connectivity index (χ4n) is 3.69. The molecule has 2 fully saturated rings. The Morgan fingerprint density at radius 1 is 1.14 bits per heavy atom. The highest BCUT2D eigenvalue weighted by molar-refractivity contribution is 5.58. The highest BCUT2D eigenvalue weighted by atomic mass is 16.5. The van der Waals surface area contributed by atoms with Gasteiger partial charge in [0.15, 0.2) is 0 Å². The number of para-hydroxylation sites is 2. The molecule has 0 radical (unpaired) electrons. The van der Waals surface area contributed by atoms with Gasteiger partial charge in [0, 0.05) is 38.8 Å². The van der Waals surface area contributed by atoms with E-state index in [4.69, 9.17) is 10.5 Å². The number of ether oxygens (including phenoxy) is 1. The lowest BCUT2D eigenvalue weighted by molar-refractivity contribution is 0.211. The zero-order chi connectivity index (χ0) is 14.7. The van der Waals surface area contributed by atoms with Gasteiger partial charge in [0.1, 0.15) is 5.75 Å². The first-order valence-electron chi connectivity index (χ1n) is 8.14. The fraction of sp³-hybridized carbons (Fsp3) is 0.647. The molecule has 1 aromatic rings. The fourth-order valence-corrected chi connectivity index (χ4v) is 3.69. The molecule has 3 rings (SSSR count). The van der Waals surface area contributed by atoms with E-state index >= 15 is 0 Å². The maximum atomic E-state index is 6.20. The molecule has 0 spiro atoms. The van der Waals surface area contributed by atoms with Crippen molar-refractivity contribution in [3.63, 3.8) is 0 Å². The molecule has 21 heavy (non-hydrogen) atoms.